The van der Waals surface area contributed by atoms with Gasteiger partial charge in [-0.25, -0.2) is 4.39 Å². The molecule has 116 valence electrons. The number of nitrogens with zero attached hydrogens (tertiary/aromatic N) is 1. The van der Waals surface area contributed by atoms with Crippen LogP contribution in [0.3, 0.4) is 0 Å². The summed E-state index contributed by atoms with van der Waals surface area (Å²) < 4.78 is 18.3. The molecule has 0 bridgehead atoms. The molecule has 0 aliphatic carbocycles. The van der Waals surface area contributed by atoms with Crippen LogP contribution in [0, 0.1) is 5.82 Å². The maximum atomic E-state index is 13.5. The molecule has 0 fully saturated rings. The van der Waals surface area contributed by atoms with Crippen molar-refractivity contribution < 1.29 is 19.0 Å². The molecule has 1 aromatic rings. The van der Waals surface area contributed by atoms with Crippen molar-refractivity contribution in [3.63, 3.8) is 0 Å². The first kappa shape index (κ1) is 17.2. The van der Waals surface area contributed by atoms with Gasteiger partial charge in [0.25, 0.3) is 0 Å². The third kappa shape index (κ3) is 5.95. The Hall–Kier alpha value is -1.88. The number of unbranched alkanes of at least 4 members (excludes halogenated alkanes) is 2. The highest BCUT2D eigenvalue weighted by molar-refractivity contribution is 5.91. The zero-order valence-corrected chi connectivity index (χ0v) is 12.5. The van der Waals surface area contributed by atoms with Crippen LogP contribution in [0.1, 0.15) is 24.8 Å². The largest absolute Gasteiger partial charge is 0.494 e. The number of carbonyl (C=O) groups excluding carboxylic acids is 1. The molecule has 0 heterocycles. The SMILES string of the molecule is COc1ccc(/C=C/C(=O)N(C)CCCCCO)cc1F. The van der Waals surface area contributed by atoms with E-state index in [1.807, 2.05) is 0 Å². The summed E-state index contributed by atoms with van der Waals surface area (Å²) in [6.45, 7) is 0.820. The molecule has 0 saturated carbocycles. The smallest absolute Gasteiger partial charge is 0.246 e. The van der Waals surface area contributed by atoms with Gasteiger partial charge in [-0.2, -0.15) is 0 Å². The molecular formula is C16H22FNO3. The Morgan fingerprint density at radius 3 is 2.76 bits per heavy atom. The number of hydrogen-bond acceptors (Lipinski definition) is 3. The molecular weight excluding hydrogens is 273 g/mol. The van der Waals surface area contributed by atoms with E-state index in [2.05, 4.69) is 0 Å². The van der Waals surface area contributed by atoms with Crippen LogP contribution in [0.15, 0.2) is 24.3 Å². The molecule has 21 heavy (non-hydrogen) atoms. The molecule has 0 aliphatic rings. The number of carbonyl (C=O) groups is 1. The van der Waals surface area contributed by atoms with Crippen molar-refractivity contribution >= 4 is 12.0 Å². The first-order valence-electron chi connectivity index (χ1n) is 6.96. The summed E-state index contributed by atoms with van der Waals surface area (Å²) in [5, 5.41) is 8.68. The number of rotatable bonds is 8. The molecule has 1 aromatic carbocycles. The van der Waals surface area contributed by atoms with E-state index in [1.165, 1.54) is 25.3 Å². The Labute approximate surface area is 124 Å². The van der Waals surface area contributed by atoms with Gasteiger partial charge in [0.05, 0.1) is 7.11 Å². The van der Waals surface area contributed by atoms with Gasteiger partial charge in [-0.15, -0.1) is 0 Å². The first-order valence-corrected chi connectivity index (χ1v) is 6.96. The third-order valence-electron chi connectivity index (χ3n) is 3.12. The normalized spacial score (nSPS) is 10.9. The van der Waals surface area contributed by atoms with Gasteiger partial charge in [-0.05, 0) is 43.0 Å². The van der Waals surface area contributed by atoms with E-state index in [9.17, 15) is 9.18 Å². The Bertz CT molecular complexity index is 488. The van der Waals surface area contributed by atoms with E-state index < -0.39 is 5.82 Å². The number of methoxy groups -OCH3 is 1. The predicted octanol–water partition coefficient (Wildman–Crippen LogP) is 2.47. The van der Waals surface area contributed by atoms with Gasteiger partial charge in [0.1, 0.15) is 0 Å². The predicted molar refractivity (Wildman–Crippen MR) is 80.6 cm³/mol. The lowest BCUT2D eigenvalue weighted by Crippen LogP contribution is -2.25. The number of likely N-dealkylation sites (N-methyl/N-ethyl adjacent to an activating group) is 1. The van der Waals surface area contributed by atoms with E-state index in [0.717, 1.165) is 19.3 Å². The molecule has 0 aromatic heterocycles. The first-order chi connectivity index (χ1) is 10.1. The van der Waals surface area contributed by atoms with Gasteiger partial charge in [0, 0.05) is 26.3 Å². The quantitative estimate of drug-likeness (QED) is 0.592. The van der Waals surface area contributed by atoms with Crippen LogP contribution < -0.4 is 4.74 Å². The highest BCUT2D eigenvalue weighted by Crippen LogP contribution is 2.18. The van der Waals surface area contributed by atoms with Crippen molar-refractivity contribution in [3.8, 4) is 5.75 Å². The molecule has 1 rings (SSSR count). The summed E-state index contributed by atoms with van der Waals surface area (Å²) in [7, 11) is 3.13. The molecule has 0 radical (unpaired) electrons. The molecule has 0 spiro atoms. The Morgan fingerprint density at radius 1 is 1.38 bits per heavy atom. The molecule has 0 aliphatic heterocycles. The molecule has 0 saturated heterocycles. The van der Waals surface area contributed by atoms with E-state index >= 15 is 0 Å². The van der Waals surface area contributed by atoms with Crippen molar-refractivity contribution in [3.05, 3.63) is 35.7 Å². The summed E-state index contributed by atoms with van der Waals surface area (Å²) in [6.07, 6.45) is 5.50. The maximum Gasteiger partial charge on any atom is 0.246 e. The molecule has 5 heteroatoms. The number of hydrogen-bond donors (Lipinski definition) is 1. The lowest BCUT2D eigenvalue weighted by Gasteiger charge is -2.14. The number of amides is 1. The van der Waals surface area contributed by atoms with Gasteiger partial charge in [-0.1, -0.05) is 6.07 Å². The Balaban J connectivity index is 2.51. The number of aliphatic hydroxyl groups excluding tert-OH is 1. The van der Waals surface area contributed by atoms with E-state index in [0.29, 0.717) is 12.1 Å². The van der Waals surface area contributed by atoms with Crippen molar-refractivity contribution in [2.75, 3.05) is 27.3 Å². The Morgan fingerprint density at radius 2 is 2.14 bits per heavy atom. The van der Waals surface area contributed by atoms with Crippen molar-refractivity contribution in [1.29, 1.82) is 0 Å². The van der Waals surface area contributed by atoms with Crippen molar-refractivity contribution in [2.45, 2.75) is 19.3 Å². The van der Waals surface area contributed by atoms with Crippen LogP contribution in [0.5, 0.6) is 5.75 Å². The number of benzene rings is 1. The van der Waals surface area contributed by atoms with Crippen LogP contribution in [0.25, 0.3) is 6.08 Å². The van der Waals surface area contributed by atoms with E-state index in [-0.39, 0.29) is 18.3 Å². The average molecular weight is 295 g/mol. The van der Waals surface area contributed by atoms with Crippen molar-refractivity contribution in [2.24, 2.45) is 0 Å². The standard InChI is InChI=1S/C16H22FNO3/c1-18(10-4-3-5-11-19)16(20)9-7-13-6-8-15(21-2)14(17)12-13/h6-9,12,19H,3-5,10-11H2,1-2H3/b9-7+. The molecule has 4 nitrogen and oxygen atoms in total. The summed E-state index contributed by atoms with van der Waals surface area (Å²) in [5.41, 5.74) is 0.607. The summed E-state index contributed by atoms with van der Waals surface area (Å²) in [5.74, 6) is -0.404. The fourth-order valence-corrected chi connectivity index (χ4v) is 1.83. The van der Waals surface area contributed by atoms with Crippen LogP contribution in [0.4, 0.5) is 4.39 Å². The van der Waals surface area contributed by atoms with Gasteiger partial charge in [0.2, 0.25) is 5.91 Å². The van der Waals surface area contributed by atoms with E-state index in [1.54, 1.807) is 24.1 Å². The van der Waals surface area contributed by atoms with Gasteiger partial charge in [-0.3, -0.25) is 4.79 Å². The topological polar surface area (TPSA) is 49.8 Å². The highest BCUT2D eigenvalue weighted by Gasteiger charge is 2.05. The van der Waals surface area contributed by atoms with Gasteiger partial charge >= 0.3 is 0 Å². The highest BCUT2D eigenvalue weighted by atomic mass is 19.1. The monoisotopic (exact) mass is 295 g/mol. The summed E-state index contributed by atoms with van der Waals surface area (Å²) >= 11 is 0. The van der Waals surface area contributed by atoms with Crippen LogP contribution in [-0.2, 0) is 4.79 Å². The van der Waals surface area contributed by atoms with Gasteiger partial charge < -0.3 is 14.7 Å². The second-order valence-corrected chi connectivity index (χ2v) is 4.77. The van der Waals surface area contributed by atoms with Gasteiger partial charge in [0.15, 0.2) is 11.6 Å². The maximum absolute atomic E-state index is 13.5. The number of aliphatic hydroxyl groups is 1. The van der Waals surface area contributed by atoms with Crippen LogP contribution in [-0.4, -0.2) is 43.2 Å². The fourth-order valence-electron chi connectivity index (χ4n) is 1.83. The van der Waals surface area contributed by atoms with E-state index in [4.69, 9.17) is 9.84 Å². The number of halogens is 1. The van der Waals surface area contributed by atoms with Crippen LogP contribution in [0.2, 0.25) is 0 Å². The Kier molecular flexibility index (Phi) is 7.46. The molecule has 1 N–H and O–H groups in total. The second-order valence-electron chi connectivity index (χ2n) is 4.77. The zero-order chi connectivity index (χ0) is 15.7. The summed E-state index contributed by atoms with van der Waals surface area (Å²) in [4.78, 5) is 13.5. The third-order valence-corrected chi connectivity index (χ3v) is 3.12. The fraction of sp³-hybridized carbons (Fsp3) is 0.438. The molecule has 1 amide bonds. The second kappa shape index (κ2) is 9.13. The molecule has 0 atom stereocenters. The average Bonchev–Trinajstić information content (AvgIpc) is 2.49. The summed E-state index contributed by atoms with van der Waals surface area (Å²) in [6, 6.07) is 4.54. The minimum absolute atomic E-state index is 0.129. The van der Waals surface area contributed by atoms with Crippen LogP contribution >= 0.6 is 0 Å². The minimum Gasteiger partial charge on any atom is -0.494 e. The lowest BCUT2D eigenvalue weighted by atomic mass is 10.2. The minimum atomic E-state index is -0.454. The van der Waals surface area contributed by atoms with Crippen molar-refractivity contribution in [1.82, 2.24) is 4.90 Å². The number of ether oxygens (including phenoxy) is 1. The zero-order valence-electron chi connectivity index (χ0n) is 12.5. The lowest BCUT2D eigenvalue weighted by molar-refractivity contribution is -0.124. The molecule has 0 unspecified atom stereocenters.